The van der Waals surface area contributed by atoms with E-state index >= 15 is 0 Å². The molecule has 1 aromatic carbocycles. The van der Waals surface area contributed by atoms with Crippen molar-refractivity contribution in [2.75, 3.05) is 5.73 Å². The van der Waals surface area contributed by atoms with Crippen molar-refractivity contribution in [1.82, 2.24) is 0 Å². The molecule has 3 nitrogen and oxygen atoms in total. The van der Waals surface area contributed by atoms with Crippen molar-refractivity contribution in [3.63, 3.8) is 0 Å². The summed E-state index contributed by atoms with van der Waals surface area (Å²) in [5.74, 6) is -0.958. The maximum atomic E-state index is 10.7. The van der Waals surface area contributed by atoms with Crippen LogP contribution in [0, 0.1) is 0 Å². The molecule has 0 amide bonds. The molecular weight excluding hydrogens is 178 g/mol. The van der Waals surface area contributed by atoms with Crippen molar-refractivity contribution in [2.24, 2.45) is 0 Å². The van der Waals surface area contributed by atoms with Crippen molar-refractivity contribution in [1.29, 1.82) is 0 Å². The van der Waals surface area contributed by atoms with Crippen molar-refractivity contribution in [2.45, 2.75) is 13.8 Å². The number of carboxylic acids is 1. The van der Waals surface area contributed by atoms with E-state index in [-0.39, 0.29) is 5.56 Å². The van der Waals surface area contributed by atoms with Crippen LogP contribution in [0.4, 0.5) is 5.69 Å². The van der Waals surface area contributed by atoms with Crippen LogP contribution in [0.5, 0.6) is 0 Å². The van der Waals surface area contributed by atoms with Gasteiger partial charge >= 0.3 is 5.97 Å². The Labute approximate surface area is 82.9 Å². The second-order valence-electron chi connectivity index (χ2n) is 3.42. The molecule has 0 spiro atoms. The van der Waals surface area contributed by atoms with Gasteiger partial charge in [0.1, 0.15) is 0 Å². The molecule has 0 aliphatic rings. The van der Waals surface area contributed by atoms with E-state index in [1.54, 1.807) is 12.1 Å². The normalized spacial score (nSPS) is 9.57. The molecule has 3 N–H and O–H groups in total. The van der Waals surface area contributed by atoms with Crippen molar-refractivity contribution in [3.8, 4) is 0 Å². The summed E-state index contributed by atoms with van der Waals surface area (Å²) in [5.41, 5.74) is 8.20. The van der Waals surface area contributed by atoms with Gasteiger partial charge in [0.2, 0.25) is 0 Å². The topological polar surface area (TPSA) is 63.3 Å². The van der Waals surface area contributed by atoms with Gasteiger partial charge in [0.25, 0.3) is 0 Å². The maximum Gasteiger partial charge on any atom is 0.335 e. The number of carbonyl (C=O) groups is 1. The van der Waals surface area contributed by atoms with Gasteiger partial charge in [0, 0.05) is 5.69 Å². The molecule has 0 unspecified atom stereocenters. The average molecular weight is 191 g/mol. The highest BCUT2D eigenvalue weighted by Gasteiger charge is 2.04. The zero-order chi connectivity index (χ0) is 10.7. The zero-order valence-corrected chi connectivity index (χ0v) is 8.24. The van der Waals surface area contributed by atoms with Crippen LogP contribution in [0.25, 0.3) is 6.08 Å². The highest BCUT2D eigenvalue weighted by atomic mass is 16.4. The van der Waals surface area contributed by atoms with Gasteiger partial charge in [-0.15, -0.1) is 0 Å². The third-order valence-corrected chi connectivity index (χ3v) is 1.68. The zero-order valence-electron chi connectivity index (χ0n) is 8.24. The number of allylic oxidation sites excluding steroid dienone is 1. The van der Waals surface area contributed by atoms with E-state index < -0.39 is 5.97 Å². The van der Waals surface area contributed by atoms with Gasteiger partial charge < -0.3 is 10.8 Å². The molecule has 1 rings (SSSR count). The molecule has 14 heavy (non-hydrogen) atoms. The molecular formula is C11H13NO2. The number of rotatable bonds is 2. The van der Waals surface area contributed by atoms with Crippen LogP contribution in [-0.4, -0.2) is 11.1 Å². The Morgan fingerprint density at radius 2 is 2.00 bits per heavy atom. The summed E-state index contributed by atoms with van der Waals surface area (Å²) in [6.07, 6.45) is 1.89. The molecule has 0 aliphatic heterocycles. The number of hydrogen-bond donors (Lipinski definition) is 2. The molecule has 74 valence electrons. The Morgan fingerprint density at radius 1 is 1.36 bits per heavy atom. The summed E-state index contributed by atoms with van der Waals surface area (Å²) in [5, 5.41) is 8.79. The summed E-state index contributed by atoms with van der Waals surface area (Å²) < 4.78 is 0. The predicted molar refractivity (Wildman–Crippen MR) is 57.1 cm³/mol. The lowest BCUT2D eigenvalue weighted by molar-refractivity contribution is 0.0697. The lowest BCUT2D eigenvalue weighted by atomic mass is 10.1. The number of nitrogens with two attached hydrogens (primary N) is 1. The molecule has 0 aliphatic carbocycles. The van der Waals surface area contributed by atoms with E-state index in [1.807, 2.05) is 19.9 Å². The Kier molecular flexibility index (Phi) is 2.92. The van der Waals surface area contributed by atoms with Crippen molar-refractivity contribution in [3.05, 3.63) is 34.9 Å². The van der Waals surface area contributed by atoms with Gasteiger partial charge in [-0.3, -0.25) is 0 Å². The van der Waals surface area contributed by atoms with Crippen LogP contribution in [0.1, 0.15) is 29.8 Å². The number of anilines is 1. The van der Waals surface area contributed by atoms with Gasteiger partial charge in [0.05, 0.1) is 5.56 Å². The first-order valence-corrected chi connectivity index (χ1v) is 4.28. The number of aromatic carboxylic acids is 1. The van der Waals surface area contributed by atoms with Crippen LogP contribution >= 0.6 is 0 Å². The van der Waals surface area contributed by atoms with Gasteiger partial charge in [-0.05, 0) is 37.6 Å². The Bertz CT molecular complexity index is 390. The molecule has 0 aromatic heterocycles. The van der Waals surface area contributed by atoms with Crippen LogP contribution in [0.2, 0.25) is 0 Å². The number of carboxylic acid groups (broad SMARTS) is 1. The number of benzene rings is 1. The fraction of sp³-hybridized carbons (Fsp3) is 0.182. The minimum atomic E-state index is -0.958. The van der Waals surface area contributed by atoms with Gasteiger partial charge in [-0.1, -0.05) is 11.6 Å². The molecule has 0 radical (unpaired) electrons. The molecule has 0 atom stereocenters. The van der Waals surface area contributed by atoms with E-state index in [0.29, 0.717) is 5.69 Å². The average Bonchev–Trinajstić information content (AvgIpc) is 2.01. The van der Waals surface area contributed by atoms with Crippen LogP contribution in [-0.2, 0) is 0 Å². The quantitative estimate of drug-likeness (QED) is 0.705. The highest BCUT2D eigenvalue weighted by Crippen LogP contribution is 2.14. The van der Waals surface area contributed by atoms with Gasteiger partial charge in [-0.2, -0.15) is 0 Å². The predicted octanol–water partition coefficient (Wildman–Crippen LogP) is 2.39. The second-order valence-corrected chi connectivity index (χ2v) is 3.42. The smallest absolute Gasteiger partial charge is 0.335 e. The maximum absolute atomic E-state index is 10.7. The first kappa shape index (κ1) is 10.3. The largest absolute Gasteiger partial charge is 0.478 e. The van der Waals surface area contributed by atoms with Gasteiger partial charge in [-0.25, -0.2) is 4.79 Å². The molecule has 0 saturated heterocycles. The fourth-order valence-corrected chi connectivity index (χ4v) is 1.22. The minimum Gasteiger partial charge on any atom is -0.478 e. The van der Waals surface area contributed by atoms with E-state index in [1.165, 1.54) is 6.07 Å². The summed E-state index contributed by atoms with van der Waals surface area (Å²) >= 11 is 0. The second kappa shape index (κ2) is 3.96. The third kappa shape index (κ3) is 2.62. The Morgan fingerprint density at radius 3 is 2.50 bits per heavy atom. The number of nitrogen functional groups attached to an aromatic ring is 1. The summed E-state index contributed by atoms with van der Waals surface area (Å²) in [6.45, 7) is 3.90. The summed E-state index contributed by atoms with van der Waals surface area (Å²) in [7, 11) is 0. The minimum absolute atomic E-state index is 0.220. The fourth-order valence-electron chi connectivity index (χ4n) is 1.22. The van der Waals surface area contributed by atoms with Crippen molar-refractivity contribution < 1.29 is 9.90 Å². The highest BCUT2D eigenvalue weighted by molar-refractivity contribution is 5.89. The molecule has 0 saturated carbocycles. The standard InChI is InChI=1S/C11H13NO2/c1-7(2)3-8-4-9(11(13)14)6-10(12)5-8/h3-6H,12H2,1-2H3,(H,13,14). The molecule has 1 aromatic rings. The van der Waals surface area contributed by atoms with Crippen molar-refractivity contribution >= 4 is 17.7 Å². The van der Waals surface area contributed by atoms with Gasteiger partial charge in [0.15, 0.2) is 0 Å². The van der Waals surface area contributed by atoms with E-state index in [2.05, 4.69) is 0 Å². The van der Waals surface area contributed by atoms with E-state index in [0.717, 1.165) is 11.1 Å². The molecule has 0 heterocycles. The molecule has 0 bridgehead atoms. The van der Waals surface area contributed by atoms with E-state index in [9.17, 15) is 4.79 Å². The first-order valence-electron chi connectivity index (χ1n) is 4.28. The third-order valence-electron chi connectivity index (χ3n) is 1.68. The number of hydrogen-bond acceptors (Lipinski definition) is 2. The molecule has 3 heteroatoms. The van der Waals surface area contributed by atoms with Crippen LogP contribution in [0.15, 0.2) is 23.8 Å². The Hall–Kier alpha value is -1.77. The lowest BCUT2D eigenvalue weighted by Crippen LogP contribution is -1.98. The van der Waals surface area contributed by atoms with Crippen LogP contribution in [0.3, 0.4) is 0 Å². The Balaban J connectivity index is 3.20. The molecule has 0 fully saturated rings. The first-order chi connectivity index (χ1) is 6.49. The van der Waals surface area contributed by atoms with Crippen LogP contribution < -0.4 is 5.73 Å². The monoisotopic (exact) mass is 191 g/mol. The van der Waals surface area contributed by atoms with E-state index in [4.69, 9.17) is 10.8 Å². The lowest BCUT2D eigenvalue weighted by Gasteiger charge is -2.01. The SMILES string of the molecule is CC(C)=Cc1cc(N)cc(C(=O)O)c1. The summed E-state index contributed by atoms with van der Waals surface area (Å²) in [4.78, 5) is 10.7. The summed E-state index contributed by atoms with van der Waals surface area (Å²) in [6, 6.07) is 4.80.